The van der Waals surface area contributed by atoms with E-state index >= 15 is 0 Å². The van der Waals surface area contributed by atoms with Crippen LogP contribution in [-0.4, -0.2) is 26.4 Å². The van der Waals surface area contributed by atoms with Crippen molar-refractivity contribution >= 4 is 34.9 Å². The third-order valence-corrected chi connectivity index (χ3v) is 4.13. The van der Waals surface area contributed by atoms with Crippen LogP contribution in [0.2, 0.25) is 0 Å². The number of hydrogen-bond donors (Lipinski definition) is 1. The molecule has 0 saturated heterocycles. The second-order valence-electron chi connectivity index (χ2n) is 5.66. The van der Waals surface area contributed by atoms with E-state index in [0.29, 0.717) is 22.9 Å². The number of allylic oxidation sites excluding steroid dienone is 4. The number of carbonyl (C=O) groups is 1. The Morgan fingerprint density at radius 2 is 2.19 bits per heavy atom. The molecular weight excluding hydrogens is 356 g/mol. The number of aromatic nitrogens is 3. The van der Waals surface area contributed by atoms with Gasteiger partial charge < -0.3 is 9.47 Å². The molecule has 3 heterocycles. The molecule has 132 valence electrons. The third-order valence-electron chi connectivity index (χ3n) is 3.89. The predicted octanol–water partition coefficient (Wildman–Crippen LogP) is 3.37. The largest absolute Gasteiger partial charge is 0.465 e. The molecule has 2 aromatic heterocycles. The number of amides is 1. The number of rotatable bonds is 4. The average molecular weight is 371 g/mol. The number of alkyl halides is 1. The van der Waals surface area contributed by atoms with E-state index in [2.05, 4.69) is 21.5 Å². The number of ether oxygens (including phenoxy) is 2. The number of nitrogens with zero attached hydrogens (tertiary/aromatic N) is 3. The molecule has 1 amide bonds. The van der Waals surface area contributed by atoms with Gasteiger partial charge >= 0.3 is 0 Å². The van der Waals surface area contributed by atoms with Crippen LogP contribution in [-0.2, 0) is 14.3 Å². The van der Waals surface area contributed by atoms with Gasteiger partial charge in [0.25, 0.3) is 0 Å². The first-order valence-corrected chi connectivity index (χ1v) is 8.60. The summed E-state index contributed by atoms with van der Waals surface area (Å²) in [6.45, 7) is 0. The van der Waals surface area contributed by atoms with Gasteiger partial charge in [-0.2, -0.15) is 4.98 Å². The Balaban J connectivity index is 1.64. The molecule has 1 aliphatic heterocycles. The zero-order valence-corrected chi connectivity index (χ0v) is 14.4. The monoisotopic (exact) mass is 370 g/mol. The van der Waals surface area contributed by atoms with Crippen LogP contribution in [0.4, 0.5) is 5.95 Å². The Morgan fingerprint density at radius 3 is 3.00 bits per heavy atom. The van der Waals surface area contributed by atoms with Crippen LogP contribution >= 0.6 is 11.6 Å². The number of anilines is 1. The van der Waals surface area contributed by atoms with E-state index in [1.54, 1.807) is 16.8 Å². The molecule has 0 atom stereocenters. The fourth-order valence-corrected chi connectivity index (χ4v) is 2.76. The molecule has 26 heavy (non-hydrogen) atoms. The van der Waals surface area contributed by atoms with Crippen molar-refractivity contribution in [2.24, 2.45) is 0 Å². The maximum Gasteiger partial charge on any atom is 0.249 e. The minimum absolute atomic E-state index is 0.164. The van der Waals surface area contributed by atoms with Crippen molar-refractivity contribution in [3.63, 3.8) is 0 Å². The normalized spacial score (nSPS) is 16.3. The van der Waals surface area contributed by atoms with Crippen LogP contribution in [0.1, 0.15) is 18.5 Å². The summed E-state index contributed by atoms with van der Waals surface area (Å²) in [5, 5.41) is 6.84. The molecule has 0 radical (unpaired) electrons. The molecule has 0 aromatic carbocycles. The zero-order valence-electron chi connectivity index (χ0n) is 13.7. The lowest BCUT2D eigenvalue weighted by Gasteiger charge is -2.19. The first-order chi connectivity index (χ1) is 12.7. The van der Waals surface area contributed by atoms with E-state index < -0.39 is 0 Å². The average Bonchev–Trinajstić information content (AvgIpc) is 3.11. The Labute approximate surface area is 154 Å². The fraction of sp³-hybridized carbons (Fsp3) is 0.167. The summed E-state index contributed by atoms with van der Waals surface area (Å²) in [6.07, 6.45) is 11.1. The van der Waals surface area contributed by atoms with E-state index in [0.717, 1.165) is 18.4 Å². The number of hydrogen-bond acceptors (Lipinski definition) is 5. The van der Waals surface area contributed by atoms with Crippen molar-refractivity contribution in [1.82, 2.24) is 14.6 Å². The van der Waals surface area contributed by atoms with E-state index in [1.165, 1.54) is 6.26 Å². The minimum Gasteiger partial charge on any atom is -0.465 e. The standard InChI is InChI=1S/C18H15ClN4O3/c19-9-17(24)21-18-20-16-8-4-7-13(23(16)22-18)15-11-25-10-14(26-15)12-5-2-1-3-6-12/h1-2,4-5,7-8,10-11H,3,6,9H2,(H,21,22,24). The summed E-state index contributed by atoms with van der Waals surface area (Å²) in [5.41, 5.74) is 2.28. The number of nitrogens with one attached hydrogen (secondary N) is 1. The molecule has 7 nitrogen and oxygen atoms in total. The van der Waals surface area contributed by atoms with Crippen molar-refractivity contribution in [3.8, 4) is 0 Å². The van der Waals surface area contributed by atoms with Gasteiger partial charge in [0.1, 0.15) is 24.1 Å². The van der Waals surface area contributed by atoms with Crippen LogP contribution in [0.25, 0.3) is 11.4 Å². The summed E-state index contributed by atoms with van der Waals surface area (Å²) in [6, 6.07) is 5.45. The van der Waals surface area contributed by atoms with Gasteiger partial charge in [-0.3, -0.25) is 10.1 Å². The Kier molecular flexibility index (Phi) is 4.45. The molecule has 0 saturated carbocycles. The first-order valence-electron chi connectivity index (χ1n) is 8.06. The van der Waals surface area contributed by atoms with Crippen LogP contribution in [0.5, 0.6) is 0 Å². The number of pyridine rings is 1. The molecule has 0 unspecified atom stereocenters. The Hall–Kier alpha value is -3.06. The maximum absolute atomic E-state index is 11.5. The summed E-state index contributed by atoms with van der Waals surface area (Å²) in [4.78, 5) is 15.7. The van der Waals surface area contributed by atoms with E-state index in [-0.39, 0.29) is 17.7 Å². The molecule has 0 bridgehead atoms. The molecule has 1 aliphatic carbocycles. The molecule has 4 rings (SSSR count). The van der Waals surface area contributed by atoms with Crippen molar-refractivity contribution in [3.05, 3.63) is 66.0 Å². The Bertz CT molecular complexity index is 987. The minimum atomic E-state index is -0.372. The van der Waals surface area contributed by atoms with Crippen LogP contribution in [0, 0.1) is 0 Å². The van der Waals surface area contributed by atoms with Crippen LogP contribution in [0.15, 0.2) is 60.3 Å². The van der Waals surface area contributed by atoms with Gasteiger partial charge in [-0.1, -0.05) is 24.3 Å². The van der Waals surface area contributed by atoms with Crippen molar-refractivity contribution in [1.29, 1.82) is 0 Å². The van der Waals surface area contributed by atoms with E-state index in [4.69, 9.17) is 21.1 Å². The molecular formula is C18H15ClN4O3. The van der Waals surface area contributed by atoms with Gasteiger partial charge in [-0.15, -0.1) is 16.7 Å². The van der Waals surface area contributed by atoms with Gasteiger partial charge in [0, 0.05) is 0 Å². The molecule has 2 aliphatic rings. The van der Waals surface area contributed by atoms with Crippen molar-refractivity contribution in [2.45, 2.75) is 12.8 Å². The third kappa shape index (κ3) is 3.21. The van der Waals surface area contributed by atoms with Gasteiger partial charge in [0.2, 0.25) is 11.9 Å². The molecule has 2 aromatic rings. The number of halogens is 1. The quantitative estimate of drug-likeness (QED) is 0.835. The highest BCUT2D eigenvalue weighted by atomic mass is 35.5. The topological polar surface area (TPSA) is 77.8 Å². The Morgan fingerprint density at radius 1 is 1.31 bits per heavy atom. The van der Waals surface area contributed by atoms with Crippen LogP contribution in [0.3, 0.4) is 0 Å². The summed E-state index contributed by atoms with van der Waals surface area (Å²) >= 11 is 5.51. The maximum atomic E-state index is 11.5. The lowest BCUT2D eigenvalue weighted by atomic mass is 10.0. The van der Waals surface area contributed by atoms with Gasteiger partial charge in [0.15, 0.2) is 17.2 Å². The van der Waals surface area contributed by atoms with E-state index in [1.807, 2.05) is 24.3 Å². The van der Waals surface area contributed by atoms with Crippen molar-refractivity contribution in [2.75, 3.05) is 11.2 Å². The summed E-state index contributed by atoms with van der Waals surface area (Å²) in [7, 11) is 0. The van der Waals surface area contributed by atoms with E-state index in [9.17, 15) is 4.79 Å². The molecule has 8 heteroatoms. The highest BCUT2D eigenvalue weighted by molar-refractivity contribution is 6.28. The fourth-order valence-electron chi connectivity index (χ4n) is 2.69. The van der Waals surface area contributed by atoms with Crippen LogP contribution < -0.4 is 5.32 Å². The van der Waals surface area contributed by atoms with Gasteiger partial charge in [-0.25, -0.2) is 4.52 Å². The summed E-state index contributed by atoms with van der Waals surface area (Å²) in [5.74, 6) is 0.810. The molecule has 1 N–H and O–H groups in total. The summed E-state index contributed by atoms with van der Waals surface area (Å²) < 4.78 is 13.1. The van der Waals surface area contributed by atoms with Crippen molar-refractivity contribution < 1.29 is 14.3 Å². The van der Waals surface area contributed by atoms with Gasteiger partial charge in [0.05, 0.1) is 0 Å². The second kappa shape index (κ2) is 7.05. The van der Waals surface area contributed by atoms with Gasteiger partial charge in [-0.05, 0) is 30.5 Å². The molecule has 0 spiro atoms. The first kappa shape index (κ1) is 16.4. The predicted molar refractivity (Wildman–Crippen MR) is 97.0 cm³/mol. The molecule has 0 fully saturated rings. The highest BCUT2D eigenvalue weighted by Gasteiger charge is 2.19. The number of carbonyl (C=O) groups excluding carboxylic acids is 1. The highest BCUT2D eigenvalue weighted by Crippen LogP contribution is 2.30. The smallest absolute Gasteiger partial charge is 0.249 e. The SMILES string of the molecule is O=C(CCl)Nc1nc2cccc(C3=COC=C(C4=CC=CCC4)O3)n2n1. The number of fused-ring (bicyclic) bond motifs is 1. The lowest BCUT2D eigenvalue weighted by Crippen LogP contribution is -2.13. The second-order valence-corrected chi connectivity index (χ2v) is 5.93. The zero-order chi connectivity index (χ0) is 17.9. The lowest BCUT2D eigenvalue weighted by molar-refractivity contribution is -0.114.